The van der Waals surface area contributed by atoms with Gasteiger partial charge >= 0.3 is 12.1 Å². The molecule has 7 N–H and O–H groups in total. The van der Waals surface area contributed by atoms with Gasteiger partial charge in [0.15, 0.2) is 0 Å². The van der Waals surface area contributed by atoms with Crippen molar-refractivity contribution in [3.05, 3.63) is 29.8 Å². The number of nitrogens with zero attached hydrogens (tertiary/aromatic N) is 1. The molecular formula is C25H40N6O6. The van der Waals surface area contributed by atoms with Gasteiger partial charge in [0.2, 0.25) is 17.7 Å². The zero-order valence-electron chi connectivity index (χ0n) is 22.2. The fourth-order valence-corrected chi connectivity index (χ4v) is 3.65. The van der Waals surface area contributed by atoms with Crippen LogP contribution in [0.25, 0.3) is 0 Å². The summed E-state index contributed by atoms with van der Waals surface area (Å²) in [6.45, 7) is 7.61. The number of amides is 6. The van der Waals surface area contributed by atoms with Crippen LogP contribution >= 0.6 is 0 Å². The van der Waals surface area contributed by atoms with Gasteiger partial charge in [0.25, 0.3) is 0 Å². The summed E-state index contributed by atoms with van der Waals surface area (Å²) in [5.41, 5.74) is 11.6. The van der Waals surface area contributed by atoms with E-state index in [0.717, 1.165) is 0 Å². The minimum atomic E-state index is -0.795. The average Bonchev–Trinajstić information content (AvgIpc) is 2.79. The predicted molar refractivity (Wildman–Crippen MR) is 139 cm³/mol. The van der Waals surface area contributed by atoms with E-state index < -0.39 is 36.0 Å². The van der Waals surface area contributed by atoms with Gasteiger partial charge in [-0.3, -0.25) is 19.3 Å². The van der Waals surface area contributed by atoms with Crippen LogP contribution in [0.2, 0.25) is 0 Å². The molecule has 1 unspecified atom stereocenters. The molecule has 0 aromatic heterocycles. The zero-order chi connectivity index (χ0) is 28.1. The Hall–Kier alpha value is -3.83. The maximum atomic E-state index is 12.9. The third kappa shape index (κ3) is 11.6. The third-order valence-corrected chi connectivity index (χ3v) is 5.43. The lowest BCUT2D eigenvalue weighted by atomic mass is 10.0. The molecular weight excluding hydrogens is 480 g/mol. The Morgan fingerprint density at radius 3 is 2.14 bits per heavy atom. The van der Waals surface area contributed by atoms with Gasteiger partial charge in [-0.15, -0.1) is 0 Å². The number of hydrogen-bond acceptors (Lipinski definition) is 6. The van der Waals surface area contributed by atoms with Crippen molar-refractivity contribution in [2.24, 2.45) is 23.3 Å². The van der Waals surface area contributed by atoms with Crippen LogP contribution in [-0.2, 0) is 25.7 Å². The van der Waals surface area contributed by atoms with E-state index in [1.165, 1.54) is 11.9 Å². The number of nitrogens with two attached hydrogens (primary N) is 2. The number of likely N-dealkylation sites (N-methyl/N-ethyl adjacent to an activating group) is 1. The zero-order valence-corrected chi connectivity index (χ0v) is 22.2. The van der Waals surface area contributed by atoms with E-state index >= 15 is 0 Å². The number of hydrogen-bond donors (Lipinski definition) is 5. The van der Waals surface area contributed by atoms with E-state index in [0.29, 0.717) is 24.1 Å². The number of carbonyl (C=O) groups excluding carboxylic acids is 5. The molecule has 2 atom stereocenters. The standard InChI is InChI=1S/C25H40N6O6/c1-15(2)13-20(32)30-19(7-6-12-28-24(27)35)23(34)29-18-10-8-17(9-11-18)14-37-25(36)31(5)21(16(3)4)22(26)33/h8-11,15-16,19,21H,6-7,12-14H2,1-5H3,(H2,26,33)(H,29,34)(H,30,32)(H3,27,28,35)/t19?,21-/m0/s1. The van der Waals surface area contributed by atoms with Crippen LogP contribution in [0.4, 0.5) is 15.3 Å². The maximum Gasteiger partial charge on any atom is 0.410 e. The van der Waals surface area contributed by atoms with Crippen molar-refractivity contribution in [2.45, 2.75) is 65.6 Å². The highest BCUT2D eigenvalue weighted by atomic mass is 16.6. The van der Waals surface area contributed by atoms with Gasteiger partial charge in [0, 0.05) is 25.7 Å². The molecule has 12 heteroatoms. The van der Waals surface area contributed by atoms with Crippen LogP contribution in [0.5, 0.6) is 0 Å². The summed E-state index contributed by atoms with van der Waals surface area (Å²) in [6, 6.07) is 4.41. The molecule has 12 nitrogen and oxygen atoms in total. The Balaban J connectivity index is 2.74. The number of primary amides is 2. The molecule has 1 aromatic carbocycles. The normalized spacial score (nSPS) is 12.4. The molecule has 0 aliphatic carbocycles. The van der Waals surface area contributed by atoms with Crippen molar-refractivity contribution in [2.75, 3.05) is 18.9 Å². The first-order valence-electron chi connectivity index (χ1n) is 12.2. The fraction of sp³-hybridized carbons (Fsp3) is 0.560. The number of ether oxygens (including phenoxy) is 1. The number of benzene rings is 1. The van der Waals surface area contributed by atoms with Crippen molar-refractivity contribution < 1.29 is 28.7 Å². The van der Waals surface area contributed by atoms with Gasteiger partial charge in [-0.05, 0) is 42.4 Å². The monoisotopic (exact) mass is 520 g/mol. The molecule has 37 heavy (non-hydrogen) atoms. The lowest BCUT2D eigenvalue weighted by Gasteiger charge is -2.27. The molecule has 206 valence electrons. The van der Waals surface area contributed by atoms with Crippen molar-refractivity contribution in [3.8, 4) is 0 Å². The summed E-state index contributed by atoms with van der Waals surface area (Å²) in [5, 5.41) is 7.97. The van der Waals surface area contributed by atoms with E-state index in [2.05, 4.69) is 16.0 Å². The summed E-state index contributed by atoms with van der Waals surface area (Å²) in [5.74, 6) is -1.29. The lowest BCUT2D eigenvalue weighted by Crippen LogP contribution is -2.48. The number of rotatable bonds is 14. The molecule has 0 heterocycles. The van der Waals surface area contributed by atoms with Crippen molar-refractivity contribution in [1.82, 2.24) is 15.5 Å². The van der Waals surface area contributed by atoms with E-state index in [1.807, 2.05) is 13.8 Å². The van der Waals surface area contributed by atoms with E-state index in [9.17, 15) is 24.0 Å². The molecule has 0 aliphatic heterocycles. The van der Waals surface area contributed by atoms with Crippen LogP contribution in [0.3, 0.4) is 0 Å². The Morgan fingerprint density at radius 1 is 1.00 bits per heavy atom. The highest BCUT2D eigenvalue weighted by Crippen LogP contribution is 2.14. The Labute approximate surface area is 217 Å². The molecule has 1 aromatic rings. The first-order valence-corrected chi connectivity index (χ1v) is 12.2. The Bertz CT molecular complexity index is 934. The fourth-order valence-electron chi connectivity index (χ4n) is 3.65. The van der Waals surface area contributed by atoms with Crippen molar-refractivity contribution in [3.63, 3.8) is 0 Å². The Morgan fingerprint density at radius 2 is 1.62 bits per heavy atom. The van der Waals surface area contributed by atoms with Gasteiger partial charge in [0.05, 0.1) is 0 Å². The highest BCUT2D eigenvalue weighted by Gasteiger charge is 2.29. The lowest BCUT2D eigenvalue weighted by molar-refractivity contribution is -0.127. The van der Waals surface area contributed by atoms with Crippen LogP contribution in [-0.4, -0.2) is 60.4 Å². The molecule has 0 saturated heterocycles. The average molecular weight is 521 g/mol. The predicted octanol–water partition coefficient (Wildman–Crippen LogP) is 1.68. The summed E-state index contributed by atoms with van der Waals surface area (Å²) in [7, 11) is 1.46. The SMILES string of the molecule is CC(C)CC(=O)NC(CCCNC(N)=O)C(=O)Nc1ccc(COC(=O)N(C)[C@H](C(N)=O)C(C)C)cc1. The van der Waals surface area contributed by atoms with Gasteiger partial charge in [-0.2, -0.15) is 0 Å². The topological polar surface area (TPSA) is 186 Å². The van der Waals surface area contributed by atoms with Crippen LogP contribution in [0.15, 0.2) is 24.3 Å². The van der Waals surface area contributed by atoms with E-state index in [4.69, 9.17) is 16.2 Å². The van der Waals surface area contributed by atoms with Gasteiger partial charge in [0.1, 0.15) is 18.7 Å². The second-order valence-corrected chi connectivity index (χ2v) is 9.59. The van der Waals surface area contributed by atoms with E-state index in [-0.39, 0.29) is 37.3 Å². The second kappa shape index (κ2) is 15.3. The first kappa shape index (κ1) is 31.2. The second-order valence-electron chi connectivity index (χ2n) is 9.59. The summed E-state index contributed by atoms with van der Waals surface area (Å²) < 4.78 is 5.28. The molecule has 0 aliphatic rings. The number of anilines is 1. The van der Waals surface area contributed by atoms with Gasteiger partial charge < -0.3 is 32.2 Å². The smallest absolute Gasteiger partial charge is 0.410 e. The molecule has 0 bridgehead atoms. The third-order valence-electron chi connectivity index (χ3n) is 5.43. The summed E-state index contributed by atoms with van der Waals surface area (Å²) in [4.78, 5) is 61.1. The van der Waals surface area contributed by atoms with Crippen LogP contribution < -0.4 is 27.4 Å². The number of urea groups is 1. The summed E-state index contributed by atoms with van der Waals surface area (Å²) in [6.07, 6.45) is 0.346. The minimum Gasteiger partial charge on any atom is -0.445 e. The quantitative estimate of drug-likeness (QED) is 0.232. The molecule has 6 amide bonds. The number of carbonyl (C=O) groups is 5. The molecule has 1 rings (SSSR count). The molecule has 0 fully saturated rings. The highest BCUT2D eigenvalue weighted by molar-refractivity contribution is 5.97. The molecule has 0 radical (unpaired) electrons. The van der Waals surface area contributed by atoms with E-state index in [1.54, 1.807) is 38.1 Å². The van der Waals surface area contributed by atoms with Gasteiger partial charge in [-0.1, -0.05) is 39.8 Å². The van der Waals surface area contributed by atoms with Crippen LogP contribution in [0.1, 0.15) is 52.5 Å². The van der Waals surface area contributed by atoms with Gasteiger partial charge in [-0.25, -0.2) is 9.59 Å². The maximum absolute atomic E-state index is 12.9. The number of nitrogens with one attached hydrogen (secondary N) is 3. The Kier molecular flexibility index (Phi) is 12.9. The summed E-state index contributed by atoms with van der Waals surface area (Å²) >= 11 is 0. The van der Waals surface area contributed by atoms with Crippen molar-refractivity contribution >= 4 is 35.5 Å². The largest absolute Gasteiger partial charge is 0.445 e. The van der Waals surface area contributed by atoms with Crippen LogP contribution in [0, 0.1) is 11.8 Å². The van der Waals surface area contributed by atoms with Crippen molar-refractivity contribution in [1.29, 1.82) is 0 Å². The molecule has 0 spiro atoms. The first-order chi connectivity index (χ1) is 17.3. The molecule has 0 saturated carbocycles. The minimum absolute atomic E-state index is 0.0400.